The molecule has 0 spiro atoms. The van der Waals surface area contributed by atoms with Crippen molar-refractivity contribution in [3.05, 3.63) is 5.01 Å². The molecule has 1 atom stereocenters. The van der Waals surface area contributed by atoms with Gasteiger partial charge in [0.25, 0.3) is 0 Å². The second-order valence-corrected chi connectivity index (χ2v) is 8.94. The molecule has 1 aliphatic rings. The Balaban J connectivity index is 2.16. The van der Waals surface area contributed by atoms with Gasteiger partial charge in [0.15, 0.2) is 0 Å². The first-order chi connectivity index (χ1) is 9.42. The van der Waals surface area contributed by atoms with Crippen LogP contribution in [0, 0.1) is 5.92 Å². The summed E-state index contributed by atoms with van der Waals surface area (Å²) in [5.41, 5.74) is -1.05. The Hall–Kier alpha value is -0.740. The summed E-state index contributed by atoms with van der Waals surface area (Å²) in [5.74, 6) is -1.40. The van der Waals surface area contributed by atoms with Gasteiger partial charge in [-0.2, -0.15) is 13.2 Å². The van der Waals surface area contributed by atoms with Crippen LogP contribution in [0.15, 0.2) is 4.34 Å². The van der Waals surface area contributed by atoms with E-state index in [1.807, 2.05) is 0 Å². The molecule has 0 unspecified atom stereocenters. The summed E-state index contributed by atoms with van der Waals surface area (Å²) < 4.78 is 61.6. The van der Waals surface area contributed by atoms with Gasteiger partial charge in [0.2, 0.25) is 14.2 Å². The molecule has 2 heterocycles. The maximum atomic E-state index is 13.0. The van der Waals surface area contributed by atoms with E-state index in [2.05, 4.69) is 10.2 Å². The van der Waals surface area contributed by atoms with Gasteiger partial charge >= 0.3 is 6.18 Å². The summed E-state index contributed by atoms with van der Waals surface area (Å²) in [6, 6.07) is 0. The minimum Gasteiger partial charge on any atom is -0.291 e. The summed E-state index contributed by atoms with van der Waals surface area (Å²) in [5, 5.41) is 7.75. The van der Waals surface area contributed by atoms with E-state index in [4.69, 9.17) is 0 Å². The summed E-state index contributed by atoms with van der Waals surface area (Å²) in [6.45, 7) is 3.57. The van der Waals surface area contributed by atoms with E-state index in [0.29, 0.717) is 11.6 Å². The highest BCUT2D eigenvalue weighted by molar-refractivity contribution is 7.92. The summed E-state index contributed by atoms with van der Waals surface area (Å²) >= 11 is 0.903. The molecule has 1 aromatic rings. The Morgan fingerprint density at radius 3 is 2.43 bits per heavy atom. The summed E-state index contributed by atoms with van der Waals surface area (Å²) in [4.78, 5) is 1.68. The molecule has 0 amide bonds. The fraction of sp³-hybridized carbons (Fsp3) is 0.818. The number of aromatic nitrogens is 2. The van der Waals surface area contributed by atoms with E-state index in [1.165, 1.54) is 0 Å². The average molecular weight is 343 g/mol. The molecule has 1 saturated heterocycles. The van der Waals surface area contributed by atoms with Crippen molar-refractivity contribution in [3.63, 3.8) is 0 Å². The predicted octanol–water partition coefficient (Wildman–Crippen LogP) is 2.10. The van der Waals surface area contributed by atoms with Crippen LogP contribution in [0.5, 0.6) is 0 Å². The quantitative estimate of drug-likeness (QED) is 0.841. The zero-order valence-electron chi connectivity index (χ0n) is 11.8. The van der Waals surface area contributed by atoms with Gasteiger partial charge in [-0.1, -0.05) is 11.3 Å². The second kappa shape index (κ2) is 5.17. The topological polar surface area (TPSA) is 63.2 Å². The number of sulfone groups is 1. The zero-order chi connectivity index (χ0) is 16.1. The highest BCUT2D eigenvalue weighted by Gasteiger charge is 2.54. The molecule has 0 aromatic carbocycles. The Morgan fingerprint density at radius 2 is 2.00 bits per heavy atom. The molecular weight excluding hydrogens is 327 g/mol. The van der Waals surface area contributed by atoms with Crippen molar-refractivity contribution in [1.29, 1.82) is 0 Å². The SMILES string of the molecule is CC1(C)[C@@H](C(F)(F)F)CCN1Cc1nnc(S(C)(=O)=O)s1. The Morgan fingerprint density at radius 1 is 1.38 bits per heavy atom. The predicted molar refractivity (Wildman–Crippen MR) is 71.7 cm³/mol. The number of hydrogen-bond donors (Lipinski definition) is 0. The molecular formula is C11H16F3N3O2S2. The van der Waals surface area contributed by atoms with Gasteiger partial charge in [-0.3, -0.25) is 4.90 Å². The first-order valence-corrected chi connectivity index (χ1v) is 8.97. The van der Waals surface area contributed by atoms with E-state index in [1.54, 1.807) is 18.7 Å². The smallest absolute Gasteiger partial charge is 0.291 e. The number of likely N-dealkylation sites (tertiary alicyclic amines) is 1. The van der Waals surface area contributed by atoms with Gasteiger partial charge in [0.1, 0.15) is 5.01 Å². The lowest BCUT2D eigenvalue weighted by Crippen LogP contribution is -2.46. The highest BCUT2D eigenvalue weighted by Crippen LogP contribution is 2.45. The van der Waals surface area contributed by atoms with E-state index >= 15 is 0 Å². The molecule has 1 aliphatic heterocycles. The lowest BCUT2D eigenvalue weighted by Gasteiger charge is -2.36. The number of halogens is 3. The molecule has 0 bridgehead atoms. The van der Waals surface area contributed by atoms with E-state index in [-0.39, 0.29) is 17.3 Å². The maximum Gasteiger partial charge on any atom is 0.393 e. The maximum absolute atomic E-state index is 13.0. The van der Waals surface area contributed by atoms with Gasteiger partial charge in [0.05, 0.1) is 12.5 Å². The molecule has 1 fully saturated rings. The van der Waals surface area contributed by atoms with Gasteiger partial charge in [-0.05, 0) is 26.8 Å². The number of alkyl halides is 3. The Bertz CT molecular complexity index is 625. The fourth-order valence-electron chi connectivity index (χ4n) is 2.61. The van der Waals surface area contributed by atoms with Crippen molar-refractivity contribution in [2.45, 2.75) is 42.9 Å². The normalized spacial score (nSPS) is 23.6. The van der Waals surface area contributed by atoms with Crippen molar-refractivity contribution in [1.82, 2.24) is 15.1 Å². The number of hydrogen-bond acceptors (Lipinski definition) is 6. The summed E-state index contributed by atoms with van der Waals surface area (Å²) in [6.07, 6.45) is -3.18. The van der Waals surface area contributed by atoms with Crippen LogP contribution in [0.25, 0.3) is 0 Å². The molecule has 10 heteroatoms. The minimum atomic E-state index is -4.24. The highest BCUT2D eigenvalue weighted by atomic mass is 32.2. The molecule has 0 N–H and O–H groups in total. The summed E-state index contributed by atoms with van der Waals surface area (Å²) in [7, 11) is -3.43. The third-order valence-corrected chi connectivity index (χ3v) is 6.42. The van der Waals surface area contributed by atoms with Gasteiger partial charge in [-0.25, -0.2) is 8.42 Å². The Labute approximate surface area is 125 Å². The van der Waals surface area contributed by atoms with Gasteiger partial charge < -0.3 is 0 Å². The number of nitrogens with zero attached hydrogens (tertiary/aromatic N) is 3. The monoisotopic (exact) mass is 343 g/mol. The lowest BCUT2D eigenvalue weighted by molar-refractivity contribution is -0.191. The van der Waals surface area contributed by atoms with Crippen LogP contribution in [-0.4, -0.2) is 48.0 Å². The van der Waals surface area contributed by atoms with Crippen molar-refractivity contribution in [2.24, 2.45) is 5.92 Å². The van der Waals surface area contributed by atoms with E-state index in [0.717, 1.165) is 17.6 Å². The third-order valence-electron chi connectivity index (χ3n) is 3.84. The van der Waals surface area contributed by atoms with Gasteiger partial charge in [-0.15, -0.1) is 10.2 Å². The molecule has 2 rings (SSSR count). The van der Waals surface area contributed by atoms with Gasteiger partial charge in [0, 0.05) is 11.8 Å². The van der Waals surface area contributed by atoms with Crippen molar-refractivity contribution >= 4 is 21.2 Å². The molecule has 0 aliphatic carbocycles. The molecule has 120 valence electrons. The molecule has 1 aromatic heterocycles. The van der Waals surface area contributed by atoms with E-state index < -0.39 is 27.5 Å². The minimum absolute atomic E-state index is 0.0359. The van der Waals surface area contributed by atoms with Crippen LogP contribution in [0.4, 0.5) is 13.2 Å². The standard InChI is InChI=1S/C11H16F3N3O2S2/c1-10(2)7(11(12,13)14)4-5-17(10)6-8-15-16-9(20-8)21(3,18)19/h7H,4-6H2,1-3H3/t7-/m0/s1. The van der Waals surface area contributed by atoms with E-state index in [9.17, 15) is 21.6 Å². The van der Waals surface area contributed by atoms with Crippen molar-refractivity contribution in [3.8, 4) is 0 Å². The first-order valence-electron chi connectivity index (χ1n) is 6.26. The van der Waals surface area contributed by atoms with Crippen LogP contribution in [0.3, 0.4) is 0 Å². The lowest BCUT2D eigenvalue weighted by atomic mass is 9.88. The van der Waals surface area contributed by atoms with Crippen LogP contribution >= 0.6 is 11.3 Å². The van der Waals surface area contributed by atoms with Crippen molar-refractivity contribution in [2.75, 3.05) is 12.8 Å². The average Bonchev–Trinajstić information content (AvgIpc) is 2.83. The van der Waals surface area contributed by atoms with Crippen LogP contribution in [0.2, 0.25) is 0 Å². The fourth-order valence-corrected chi connectivity index (χ4v) is 4.28. The van der Waals surface area contributed by atoms with Crippen LogP contribution in [0.1, 0.15) is 25.3 Å². The third kappa shape index (κ3) is 3.37. The Kier molecular flexibility index (Phi) is 4.09. The van der Waals surface area contributed by atoms with Crippen LogP contribution in [-0.2, 0) is 16.4 Å². The largest absolute Gasteiger partial charge is 0.393 e. The number of rotatable bonds is 3. The zero-order valence-corrected chi connectivity index (χ0v) is 13.4. The first kappa shape index (κ1) is 16.6. The van der Waals surface area contributed by atoms with Crippen LogP contribution < -0.4 is 0 Å². The second-order valence-electron chi connectivity index (χ2n) is 5.69. The molecule has 5 nitrogen and oxygen atoms in total. The molecule has 21 heavy (non-hydrogen) atoms. The molecule has 0 radical (unpaired) electrons. The van der Waals surface area contributed by atoms with Crippen molar-refractivity contribution < 1.29 is 21.6 Å². The molecule has 0 saturated carbocycles.